The van der Waals surface area contributed by atoms with Crippen molar-refractivity contribution in [2.24, 2.45) is 17.8 Å². The average molecular weight is 265 g/mol. The number of carboxylic acid groups (broad SMARTS) is 1. The van der Waals surface area contributed by atoms with E-state index < -0.39 is 5.97 Å². The molecular formula is C14H23N3O2. The van der Waals surface area contributed by atoms with E-state index >= 15 is 0 Å². The molecule has 1 heterocycles. The van der Waals surface area contributed by atoms with Gasteiger partial charge in [-0.3, -0.25) is 0 Å². The molecule has 0 saturated heterocycles. The van der Waals surface area contributed by atoms with Gasteiger partial charge in [0, 0.05) is 12.7 Å². The van der Waals surface area contributed by atoms with Crippen molar-refractivity contribution in [3.05, 3.63) is 17.8 Å². The van der Waals surface area contributed by atoms with Crippen molar-refractivity contribution < 1.29 is 9.90 Å². The molecule has 0 aliphatic rings. The van der Waals surface area contributed by atoms with E-state index in [1.165, 1.54) is 12.3 Å². The third-order valence-corrected chi connectivity index (χ3v) is 3.38. The maximum Gasteiger partial charge on any atom is 0.337 e. The number of nitrogens with one attached hydrogen (secondary N) is 1. The summed E-state index contributed by atoms with van der Waals surface area (Å²) in [6.45, 7) is 9.54. The van der Waals surface area contributed by atoms with E-state index in [-0.39, 0.29) is 5.56 Å². The Labute approximate surface area is 114 Å². The number of nitrogens with zero attached hydrogens (tertiary/aromatic N) is 1. The number of carboxylic acids is 1. The highest BCUT2D eigenvalue weighted by Gasteiger charge is 2.18. The first-order valence-electron chi connectivity index (χ1n) is 6.55. The zero-order valence-electron chi connectivity index (χ0n) is 12.0. The van der Waals surface area contributed by atoms with Gasteiger partial charge in [-0.1, -0.05) is 27.7 Å². The highest BCUT2D eigenvalue weighted by atomic mass is 16.4. The zero-order chi connectivity index (χ0) is 14.6. The molecular weight excluding hydrogens is 242 g/mol. The van der Waals surface area contributed by atoms with Crippen LogP contribution in [-0.2, 0) is 0 Å². The van der Waals surface area contributed by atoms with Gasteiger partial charge in [0.25, 0.3) is 0 Å². The first-order chi connectivity index (χ1) is 8.82. The quantitative estimate of drug-likeness (QED) is 0.736. The molecule has 1 rings (SSSR count). The minimum absolute atomic E-state index is 0.104. The van der Waals surface area contributed by atoms with Crippen molar-refractivity contribution in [1.82, 2.24) is 4.98 Å². The molecule has 5 heteroatoms. The SMILES string of the molecule is CC(C)C(CNc1ncc(C(=O)O)cc1N)C(C)C. The van der Waals surface area contributed by atoms with Crippen LogP contribution >= 0.6 is 0 Å². The lowest BCUT2D eigenvalue weighted by Gasteiger charge is -2.25. The van der Waals surface area contributed by atoms with E-state index in [4.69, 9.17) is 10.8 Å². The fourth-order valence-corrected chi connectivity index (χ4v) is 2.20. The minimum Gasteiger partial charge on any atom is -0.478 e. The number of nitrogen functional groups attached to an aromatic ring is 1. The van der Waals surface area contributed by atoms with Gasteiger partial charge in [-0.05, 0) is 23.8 Å². The van der Waals surface area contributed by atoms with Crippen molar-refractivity contribution in [3.8, 4) is 0 Å². The van der Waals surface area contributed by atoms with E-state index in [9.17, 15) is 4.79 Å². The number of aromatic nitrogens is 1. The second-order valence-electron chi connectivity index (χ2n) is 5.50. The van der Waals surface area contributed by atoms with Crippen molar-refractivity contribution in [2.75, 3.05) is 17.6 Å². The standard InChI is InChI=1S/C14H23N3O2/c1-8(2)11(9(3)4)7-17-13-12(15)5-10(6-16-13)14(18)19/h5-6,8-9,11H,7,15H2,1-4H3,(H,16,17)(H,18,19). The number of hydrogen-bond donors (Lipinski definition) is 3. The largest absolute Gasteiger partial charge is 0.478 e. The molecule has 0 saturated carbocycles. The minimum atomic E-state index is -1.02. The monoisotopic (exact) mass is 265 g/mol. The normalized spacial score (nSPS) is 11.3. The molecule has 0 fully saturated rings. The van der Waals surface area contributed by atoms with Crippen LogP contribution in [0.15, 0.2) is 12.3 Å². The van der Waals surface area contributed by atoms with E-state index in [0.717, 1.165) is 6.54 Å². The van der Waals surface area contributed by atoms with Crippen molar-refractivity contribution >= 4 is 17.5 Å². The summed E-state index contributed by atoms with van der Waals surface area (Å²) in [5, 5.41) is 12.1. The number of carbonyl (C=O) groups is 1. The van der Waals surface area contributed by atoms with Gasteiger partial charge in [-0.15, -0.1) is 0 Å². The topological polar surface area (TPSA) is 88.2 Å². The lowest BCUT2D eigenvalue weighted by Crippen LogP contribution is -2.25. The first-order valence-corrected chi connectivity index (χ1v) is 6.55. The molecule has 1 aromatic rings. The Balaban J connectivity index is 2.75. The molecule has 0 unspecified atom stereocenters. The molecule has 4 N–H and O–H groups in total. The third kappa shape index (κ3) is 4.12. The summed E-state index contributed by atoms with van der Waals surface area (Å²) >= 11 is 0. The highest BCUT2D eigenvalue weighted by molar-refractivity contribution is 5.89. The summed E-state index contributed by atoms with van der Waals surface area (Å²) in [5.74, 6) is 1.17. The van der Waals surface area contributed by atoms with Gasteiger partial charge in [0.1, 0.15) is 5.82 Å². The van der Waals surface area contributed by atoms with Crippen LogP contribution in [0.4, 0.5) is 11.5 Å². The lowest BCUT2D eigenvalue weighted by molar-refractivity contribution is 0.0696. The van der Waals surface area contributed by atoms with Crippen LogP contribution in [0.1, 0.15) is 38.1 Å². The van der Waals surface area contributed by atoms with Gasteiger partial charge >= 0.3 is 5.97 Å². The van der Waals surface area contributed by atoms with Crippen LogP contribution in [0, 0.1) is 17.8 Å². The summed E-state index contributed by atoms with van der Waals surface area (Å²) < 4.78 is 0. The van der Waals surface area contributed by atoms with Crippen molar-refractivity contribution in [2.45, 2.75) is 27.7 Å². The number of hydrogen-bond acceptors (Lipinski definition) is 4. The van der Waals surface area contributed by atoms with Crippen LogP contribution < -0.4 is 11.1 Å². The van der Waals surface area contributed by atoms with Gasteiger partial charge < -0.3 is 16.2 Å². The number of anilines is 2. The summed E-state index contributed by atoms with van der Waals surface area (Å²) in [6.07, 6.45) is 1.32. The maximum absolute atomic E-state index is 10.8. The number of nitrogens with two attached hydrogens (primary N) is 1. The van der Waals surface area contributed by atoms with Crippen LogP contribution in [0.3, 0.4) is 0 Å². The number of pyridine rings is 1. The van der Waals surface area contributed by atoms with E-state index in [2.05, 4.69) is 38.0 Å². The Morgan fingerprint density at radius 2 is 1.95 bits per heavy atom. The van der Waals surface area contributed by atoms with Gasteiger partial charge in [0.15, 0.2) is 0 Å². The molecule has 0 aliphatic heterocycles. The van der Waals surface area contributed by atoms with Crippen LogP contribution in [0.5, 0.6) is 0 Å². The fourth-order valence-electron chi connectivity index (χ4n) is 2.20. The van der Waals surface area contributed by atoms with E-state index in [0.29, 0.717) is 29.3 Å². The summed E-state index contributed by atoms with van der Waals surface area (Å²) in [6, 6.07) is 1.43. The molecule has 5 nitrogen and oxygen atoms in total. The Morgan fingerprint density at radius 1 is 1.37 bits per heavy atom. The van der Waals surface area contributed by atoms with Crippen LogP contribution in [0.25, 0.3) is 0 Å². The maximum atomic E-state index is 10.8. The lowest BCUT2D eigenvalue weighted by atomic mass is 9.85. The fraction of sp³-hybridized carbons (Fsp3) is 0.571. The molecule has 0 aliphatic carbocycles. The molecule has 0 amide bonds. The van der Waals surface area contributed by atoms with E-state index in [1.54, 1.807) is 0 Å². The van der Waals surface area contributed by atoms with E-state index in [1.807, 2.05) is 0 Å². The molecule has 0 bridgehead atoms. The third-order valence-electron chi connectivity index (χ3n) is 3.38. The predicted molar refractivity (Wildman–Crippen MR) is 77.3 cm³/mol. The Hall–Kier alpha value is -1.78. The highest BCUT2D eigenvalue weighted by Crippen LogP contribution is 2.23. The van der Waals surface area contributed by atoms with Gasteiger partial charge in [0.2, 0.25) is 0 Å². The predicted octanol–water partition coefficient (Wildman–Crippen LogP) is 2.70. The summed E-state index contributed by atoms with van der Waals surface area (Å²) in [5.41, 5.74) is 6.28. The molecule has 19 heavy (non-hydrogen) atoms. The molecule has 0 atom stereocenters. The number of rotatable bonds is 6. The second kappa shape index (κ2) is 6.41. The Kier molecular flexibility index (Phi) is 5.15. The summed E-state index contributed by atoms with van der Waals surface area (Å²) in [4.78, 5) is 14.9. The Bertz CT molecular complexity index is 436. The molecule has 0 aromatic carbocycles. The van der Waals surface area contributed by atoms with Gasteiger partial charge in [0.05, 0.1) is 11.3 Å². The first kappa shape index (κ1) is 15.3. The van der Waals surface area contributed by atoms with Crippen molar-refractivity contribution in [1.29, 1.82) is 0 Å². The molecule has 0 radical (unpaired) electrons. The van der Waals surface area contributed by atoms with Crippen molar-refractivity contribution in [3.63, 3.8) is 0 Å². The average Bonchev–Trinajstić information content (AvgIpc) is 2.29. The van der Waals surface area contributed by atoms with Gasteiger partial charge in [-0.25, -0.2) is 9.78 Å². The second-order valence-corrected chi connectivity index (χ2v) is 5.50. The number of aromatic carboxylic acids is 1. The zero-order valence-corrected chi connectivity index (χ0v) is 12.0. The molecule has 106 valence electrons. The molecule has 1 aromatic heterocycles. The Morgan fingerprint density at radius 3 is 2.37 bits per heavy atom. The van der Waals surface area contributed by atoms with Crippen LogP contribution in [0.2, 0.25) is 0 Å². The van der Waals surface area contributed by atoms with Gasteiger partial charge in [-0.2, -0.15) is 0 Å². The van der Waals surface area contributed by atoms with Crippen LogP contribution in [-0.4, -0.2) is 22.6 Å². The summed E-state index contributed by atoms with van der Waals surface area (Å²) in [7, 11) is 0. The molecule has 0 spiro atoms. The smallest absolute Gasteiger partial charge is 0.337 e.